The van der Waals surface area contributed by atoms with Crippen LogP contribution in [0.2, 0.25) is 25.7 Å². The third kappa shape index (κ3) is 5.05. The summed E-state index contributed by atoms with van der Waals surface area (Å²) in [6.07, 6.45) is 1.70. The first-order valence-electron chi connectivity index (χ1n) is 8.39. The van der Waals surface area contributed by atoms with Crippen molar-refractivity contribution in [3.8, 4) is 0 Å². The summed E-state index contributed by atoms with van der Waals surface area (Å²) in [6.45, 7) is 13.1. The maximum atomic E-state index is 12.3. The first kappa shape index (κ1) is 19.4. The molecule has 0 aliphatic carbocycles. The summed E-state index contributed by atoms with van der Waals surface area (Å²) in [6, 6.07) is 3.56. The van der Waals surface area contributed by atoms with E-state index in [1.165, 1.54) is 0 Å². The highest BCUT2D eigenvalue weighted by atomic mass is 79.9. The van der Waals surface area contributed by atoms with Gasteiger partial charge in [-0.3, -0.25) is 4.79 Å². The number of hydrogen-bond acceptors (Lipinski definition) is 3. The summed E-state index contributed by atoms with van der Waals surface area (Å²) in [5.74, 6) is 0. The quantitative estimate of drug-likeness (QED) is 0.509. The Balaban J connectivity index is 2.28. The Morgan fingerprint density at radius 3 is 2.71 bits per heavy atom. The van der Waals surface area contributed by atoms with Crippen LogP contribution in [0.5, 0.6) is 0 Å². The van der Waals surface area contributed by atoms with Gasteiger partial charge >= 0.3 is 0 Å². The molecule has 2 aromatic rings. The Morgan fingerprint density at radius 1 is 1.38 bits per heavy atom. The summed E-state index contributed by atoms with van der Waals surface area (Å²) in [5.41, 5.74) is 1.64. The number of hydrogen-bond donors (Lipinski definition) is 2. The molecule has 0 bridgehead atoms. The monoisotopic (exact) mass is 413 g/mol. The SMILES string of the molecule is CC(C)NCc1cc2c(Br)c[nH]c(=O)c2n1COCC[Si](C)(C)C. The van der Waals surface area contributed by atoms with Crippen molar-refractivity contribution in [2.75, 3.05) is 6.61 Å². The lowest BCUT2D eigenvalue weighted by atomic mass is 10.3. The molecule has 0 amide bonds. The largest absolute Gasteiger partial charge is 0.361 e. The Kier molecular flexibility index (Phi) is 6.47. The molecule has 24 heavy (non-hydrogen) atoms. The molecule has 0 atom stereocenters. The maximum absolute atomic E-state index is 12.3. The molecule has 2 heterocycles. The van der Waals surface area contributed by atoms with E-state index in [0.29, 0.717) is 24.8 Å². The lowest BCUT2D eigenvalue weighted by molar-refractivity contribution is 0.0880. The van der Waals surface area contributed by atoms with Crippen molar-refractivity contribution in [2.45, 2.75) is 58.9 Å². The fourth-order valence-electron chi connectivity index (χ4n) is 2.44. The van der Waals surface area contributed by atoms with Gasteiger partial charge in [0.05, 0.1) is 0 Å². The molecule has 0 unspecified atom stereocenters. The Morgan fingerprint density at radius 2 is 2.08 bits per heavy atom. The van der Waals surface area contributed by atoms with Crippen LogP contribution in [-0.4, -0.2) is 30.3 Å². The Labute approximate surface area is 152 Å². The zero-order valence-electron chi connectivity index (χ0n) is 15.2. The molecule has 2 aromatic heterocycles. The maximum Gasteiger partial charge on any atom is 0.272 e. The number of aromatic nitrogens is 2. The van der Waals surface area contributed by atoms with Gasteiger partial charge in [-0.1, -0.05) is 33.5 Å². The van der Waals surface area contributed by atoms with Crippen molar-refractivity contribution in [3.05, 3.63) is 32.8 Å². The van der Waals surface area contributed by atoms with Crippen molar-refractivity contribution in [2.24, 2.45) is 0 Å². The smallest absolute Gasteiger partial charge is 0.272 e. The summed E-state index contributed by atoms with van der Waals surface area (Å²) < 4.78 is 8.78. The summed E-state index contributed by atoms with van der Waals surface area (Å²) in [7, 11) is -1.12. The number of ether oxygens (including phenoxy) is 1. The fraction of sp³-hybridized carbons (Fsp3) is 0.588. The predicted molar refractivity (Wildman–Crippen MR) is 106 cm³/mol. The van der Waals surface area contributed by atoms with Crippen LogP contribution in [0.4, 0.5) is 0 Å². The fourth-order valence-corrected chi connectivity index (χ4v) is 3.61. The Bertz CT molecular complexity index is 747. The molecule has 0 aliphatic rings. The van der Waals surface area contributed by atoms with Gasteiger partial charge in [0.15, 0.2) is 0 Å². The van der Waals surface area contributed by atoms with Crippen LogP contribution < -0.4 is 10.9 Å². The van der Waals surface area contributed by atoms with Gasteiger partial charge in [0.25, 0.3) is 5.56 Å². The van der Waals surface area contributed by atoms with E-state index in [2.05, 4.69) is 65.8 Å². The number of rotatable bonds is 8. The minimum absolute atomic E-state index is 0.0854. The third-order valence-corrected chi connectivity index (χ3v) is 6.25. The highest BCUT2D eigenvalue weighted by Gasteiger charge is 2.16. The van der Waals surface area contributed by atoms with Gasteiger partial charge in [-0.05, 0) is 28.0 Å². The molecule has 0 saturated carbocycles. The van der Waals surface area contributed by atoms with Gasteiger partial charge in [-0.2, -0.15) is 0 Å². The molecule has 5 nitrogen and oxygen atoms in total. The zero-order valence-corrected chi connectivity index (χ0v) is 17.8. The van der Waals surface area contributed by atoms with Crippen molar-refractivity contribution in [1.29, 1.82) is 0 Å². The van der Waals surface area contributed by atoms with Gasteiger partial charge in [-0.15, -0.1) is 0 Å². The molecule has 0 aromatic carbocycles. The molecule has 2 rings (SSSR count). The molecule has 7 heteroatoms. The van der Waals surface area contributed by atoms with Crippen LogP contribution in [0, 0.1) is 0 Å². The number of H-pyrrole nitrogens is 1. The minimum Gasteiger partial charge on any atom is -0.361 e. The van der Waals surface area contributed by atoms with E-state index in [9.17, 15) is 4.79 Å². The highest BCUT2D eigenvalue weighted by molar-refractivity contribution is 9.10. The first-order chi connectivity index (χ1) is 11.2. The second-order valence-electron chi connectivity index (χ2n) is 7.68. The Hall–Kier alpha value is -0.893. The summed E-state index contributed by atoms with van der Waals surface area (Å²) >= 11 is 3.53. The topological polar surface area (TPSA) is 59.0 Å². The van der Waals surface area contributed by atoms with Gasteiger partial charge < -0.3 is 19.6 Å². The molecule has 134 valence electrons. The molecule has 2 N–H and O–H groups in total. The van der Waals surface area contributed by atoms with Crippen LogP contribution in [0.15, 0.2) is 21.5 Å². The second kappa shape index (κ2) is 7.99. The van der Waals surface area contributed by atoms with Crippen LogP contribution in [-0.2, 0) is 18.0 Å². The molecule has 0 saturated heterocycles. The van der Waals surface area contributed by atoms with E-state index in [1.807, 2.05) is 4.57 Å². The lowest BCUT2D eigenvalue weighted by Gasteiger charge is -2.17. The van der Waals surface area contributed by atoms with Crippen molar-refractivity contribution < 1.29 is 4.74 Å². The van der Waals surface area contributed by atoms with Gasteiger partial charge in [0.1, 0.15) is 12.2 Å². The molecule has 0 radical (unpaired) electrons. The average molecular weight is 414 g/mol. The number of pyridine rings is 1. The van der Waals surface area contributed by atoms with E-state index in [-0.39, 0.29) is 5.56 Å². The van der Waals surface area contributed by atoms with E-state index < -0.39 is 8.07 Å². The second-order valence-corrected chi connectivity index (χ2v) is 14.2. The van der Waals surface area contributed by atoms with Crippen LogP contribution in [0.3, 0.4) is 0 Å². The van der Waals surface area contributed by atoms with E-state index >= 15 is 0 Å². The number of fused-ring (bicyclic) bond motifs is 1. The predicted octanol–water partition coefficient (Wildman–Crippen LogP) is 3.90. The highest BCUT2D eigenvalue weighted by Crippen LogP contribution is 2.24. The first-order valence-corrected chi connectivity index (χ1v) is 12.9. The van der Waals surface area contributed by atoms with Crippen LogP contribution in [0.25, 0.3) is 10.9 Å². The van der Waals surface area contributed by atoms with Gasteiger partial charge in [-0.25, -0.2) is 0 Å². The van der Waals surface area contributed by atoms with Crippen molar-refractivity contribution in [3.63, 3.8) is 0 Å². The van der Waals surface area contributed by atoms with Crippen molar-refractivity contribution >= 4 is 34.9 Å². The number of nitrogens with zero attached hydrogens (tertiary/aromatic N) is 1. The van der Waals surface area contributed by atoms with Crippen LogP contribution >= 0.6 is 15.9 Å². The minimum atomic E-state index is -1.12. The van der Waals surface area contributed by atoms with E-state index in [1.54, 1.807) is 6.20 Å². The molecule has 0 fully saturated rings. The third-order valence-electron chi connectivity index (χ3n) is 3.89. The lowest BCUT2D eigenvalue weighted by Crippen LogP contribution is -2.25. The molecule has 0 aliphatic heterocycles. The average Bonchev–Trinajstić information content (AvgIpc) is 2.84. The number of nitrogens with one attached hydrogen (secondary N) is 2. The van der Waals surface area contributed by atoms with Gasteiger partial charge in [0.2, 0.25) is 0 Å². The van der Waals surface area contributed by atoms with E-state index in [0.717, 1.165) is 28.2 Å². The summed E-state index contributed by atoms with van der Waals surface area (Å²) in [5, 5.41) is 4.34. The summed E-state index contributed by atoms with van der Waals surface area (Å²) in [4.78, 5) is 15.1. The molecule has 0 spiro atoms. The van der Waals surface area contributed by atoms with Crippen LogP contribution in [0.1, 0.15) is 19.5 Å². The number of halogens is 1. The number of aromatic amines is 1. The van der Waals surface area contributed by atoms with Crippen molar-refractivity contribution in [1.82, 2.24) is 14.9 Å². The van der Waals surface area contributed by atoms with Gasteiger partial charge in [0, 0.05) is 49.0 Å². The normalized spacial score (nSPS) is 12.5. The standard InChI is InChI=1S/C17H28BrN3O2Si/c1-12(2)19-9-13-8-14-15(18)10-20-17(22)16(14)21(13)11-23-6-7-24(3,4)5/h8,10,12,19H,6-7,9,11H2,1-5H3,(H,20,22). The molecular weight excluding hydrogens is 386 g/mol. The molecular formula is C17H28BrN3O2Si. The zero-order chi connectivity index (χ0) is 17.9. The van der Waals surface area contributed by atoms with E-state index in [4.69, 9.17) is 4.74 Å².